The minimum Gasteiger partial charge on any atom is -0.346 e. The normalized spacial score (nSPS) is 10.4. The molecule has 122 valence electrons. The van der Waals surface area contributed by atoms with Crippen LogP contribution < -0.4 is 10.6 Å². The molecule has 1 heterocycles. The Kier molecular flexibility index (Phi) is 4.56. The summed E-state index contributed by atoms with van der Waals surface area (Å²) < 4.78 is 0. The number of aromatic amines is 1. The number of nitrogens with zero attached hydrogens (tertiary/aromatic N) is 2. The molecule has 0 fully saturated rings. The molecule has 6 heteroatoms. The molecule has 3 aromatic rings. The number of hydrogen-bond donors (Lipinski definition) is 3. The van der Waals surface area contributed by atoms with E-state index in [1.807, 2.05) is 55.5 Å². The SMILES string of the molecule is Cc1ccc(Nc2n[nH]nc2C(=O)NCc2ccccc2)cc1C. The summed E-state index contributed by atoms with van der Waals surface area (Å²) >= 11 is 0. The van der Waals surface area contributed by atoms with Crippen LogP contribution >= 0.6 is 0 Å². The molecule has 3 rings (SSSR count). The van der Waals surface area contributed by atoms with Crippen LogP contribution in [0, 0.1) is 13.8 Å². The van der Waals surface area contributed by atoms with Crippen molar-refractivity contribution in [2.75, 3.05) is 5.32 Å². The second-order valence-electron chi connectivity index (χ2n) is 5.61. The van der Waals surface area contributed by atoms with Gasteiger partial charge in [-0.3, -0.25) is 4.79 Å². The lowest BCUT2D eigenvalue weighted by Crippen LogP contribution is -2.24. The lowest BCUT2D eigenvalue weighted by Gasteiger charge is -2.08. The van der Waals surface area contributed by atoms with Gasteiger partial charge in [-0.1, -0.05) is 36.4 Å². The molecule has 0 radical (unpaired) electrons. The van der Waals surface area contributed by atoms with Crippen molar-refractivity contribution in [2.24, 2.45) is 0 Å². The van der Waals surface area contributed by atoms with Crippen molar-refractivity contribution in [1.82, 2.24) is 20.7 Å². The molecule has 0 bridgehead atoms. The second-order valence-corrected chi connectivity index (χ2v) is 5.61. The van der Waals surface area contributed by atoms with E-state index in [1.165, 1.54) is 11.1 Å². The average Bonchev–Trinajstić information content (AvgIpc) is 3.05. The van der Waals surface area contributed by atoms with Gasteiger partial charge in [0, 0.05) is 12.2 Å². The predicted octanol–water partition coefficient (Wildman–Crippen LogP) is 3.10. The lowest BCUT2D eigenvalue weighted by atomic mass is 10.1. The van der Waals surface area contributed by atoms with Gasteiger partial charge in [-0.25, -0.2) is 0 Å². The summed E-state index contributed by atoms with van der Waals surface area (Å²) in [5, 5.41) is 16.5. The van der Waals surface area contributed by atoms with Gasteiger partial charge >= 0.3 is 0 Å². The zero-order chi connectivity index (χ0) is 16.9. The number of nitrogens with one attached hydrogen (secondary N) is 3. The topological polar surface area (TPSA) is 82.7 Å². The minimum absolute atomic E-state index is 0.240. The molecule has 0 unspecified atom stereocenters. The molecule has 1 aromatic heterocycles. The number of anilines is 2. The van der Waals surface area contributed by atoms with Gasteiger partial charge in [0.05, 0.1) is 0 Å². The number of carbonyl (C=O) groups is 1. The highest BCUT2D eigenvalue weighted by Gasteiger charge is 2.16. The van der Waals surface area contributed by atoms with Gasteiger partial charge in [0.25, 0.3) is 5.91 Å². The number of amides is 1. The highest BCUT2D eigenvalue weighted by molar-refractivity contribution is 5.97. The molecular formula is C18H19N5O. The molecular weight excluding hydrogens is 302 g/mol. The second kappa shape index (κ2) is 6.95. The van der Waals surface area contributed by atoms with Gasteiger partial charge < -0.3 is 10.6 Å². The van der Waals surface area contributed by atoms with E-state index in [2.05, 4.69) is 33.0 Å². The molecule has 0 aliphatic carbocycles. The van der Waals surface area contributed by atoms with Crippen LogP contribution in [0.1, 0.15) is 27.2 Å². The van der Waals surface area contributed by atoms with Crippen molar-refractivity contribution < 1.29 is 4.79 Å². The van der Waals surface area contributed by atoms with Crippen LogP contribution in [0.3, 0.4) is 0 Å². The van der Waals surface area contributed by atoms with Crippen LogP contribution in [0.25, 0.3) is 0 Å². The maximum Gasteiger partial charge on any atom is 0.275 e. The summed E-state index contributed by atoms with van der Waals surface area (Å²) in [4.78, 5) is 12.3. The van der Waals surface area contributed by atoms with Crippen LogP contribution in [0.4, 0.5) is 11.5 Å². The quantitative estimate of drug-likeness (QED) is 0.674. The van der Waals surface area contributed by atoms with E-state index in [9.17, 15) is 4.79 Å². The fraction of sp³-hybridized carbons (Fsp3) is 0.167. The smallest absolute Gasteiger partial charge is 0.275 e. The Balaban J connectivity index is 1.70. The number of benzene rings is 2. The molecule has 0 aliphatic heterocycles. The van der Waals surface area contributed by atoms with E-state index in [0.717, 1.165) is 11.3 Å². The molecule has 6 nitrogen and oxygen atoms in total. The molecule has 0 saturated carbocycles. The number of hydrogen-bond acceptors (Lipinski definition) is 4. The maximum atomic E-state index is 12.3. The first-order valence-corrected chi connectivity index (χ1v) is 7.70. The first-order chi connectivity index (χ1) is 11.6. The maximum absolute atomic E-state index is 12.3. The number of aromatic nitrogens is 3. The fourth-order valence-corrected chi connectivity index (χ4v) is 2.29. The third-order valence-electron chi connectivity index (χ3n) is 3.83. The number of carbonyl (C=O) groups excluding carboxylic acids is 1. The Morgan fingerprint density at radius 1 is 1.04 bits per heavy atom. The Bertz CT molecular complexity index is 842. The summed E-state index contributed by atoms with van der Waals surface area (Å²) in [5.74, 6) is 0.128. The van der Waals surface area contributed by atoms with Crippen LogP contribution in [0.5, 0.6) is 0 Å². The van der Waals surface area contributed by atoms with Crippen LogP contribution in [-0.4, -0.2) is 21.3 Å². The van der Waals surface area contributed by atoms with Crippen molar-refractivity contribution in [2.45, 2.75) is 20.4 Å². The van der Waals surface area contributed by atoms with E-state index < -0.39 is 0 Å². The van der Waals surface area contributed by atoms with E-state index in [-0.39, 0.29) is 11.6 Å². The zero-order valence-electron chi connectivity index (χ0n) is 13.6. The summed E-state index contributed by atoms with van der Waals surface area (Å²) in [6.07, 6.45) is 0. The highest BCUT2D eigenvalue weighted by atomic mass is 16.2. The molecule has 3 N–H and O–H groups in total. The van der Waals surface area contributed by atoms with Crippen LogP contribution in [-0.2, 0) is 6.54 Å². The Hall–Kier alpha value is -3.15. The standard InChI is InChI=1S/C18H19N5O/c1-12-8-9-15(10-13(12)2)20-17-16(21-23-22-17)18(24)19-11-14-6-4-3-5-7-14/h3-10H,11H2,1-2H3,(H,19,24)(H2,20,21,22,23). The molecule has 0 spiro atoms. The third kappa shape index (κ3) is 3.60. The van der Waals surface area contributed by atoms with Gasteiger partial charge in [0.15, 0.2) is 11.5 Å². The van der Waals surface area contributed by atoms with Gasteiger partial charge in [0.1, 0.15) is 0 Å². The van der Waals surface area contributed by atoms with Crippen molar-refractivity contribution in [1.29, 1.82) is 0 Å². The Morgan fingerprint density at radius 3 is 2.58 bits per heavy atom. The van der Waals surface area contributed by atoms with Gasteiger partial charge in [-0.2, -0.15) is 5.21 Å². The summed E-state index contributed by atoms with van der Waals surface area (Å²) in [6.45, 7) is 4.53. The molecule has 0 saturated heterocycles. The summed E-state index contributed by atoms with van der Waals surface area (Å²) in [6, 6.07) is 15.7. The lowest BCUT2D eigenvalue weighted by molar-refractivity contribution is 0.0946. The summed E-state index contributed by atoms with van der Waals surface area (Å²) in [5.41, 5.74) is 4.51. The average molecular weight is 321 g/mol. The monoisotopic (exact) mass is 321 g/mol. The Morgan fingerprint density at radius 2 is 1.83 bits per heavy atom. The van der Waals surface area contributed by atoms with Crippen molar-refractivity contribution in [3.05, 3.63) is 70.9 Å². The number of H-pyrrole nitrogens is 1. The Labute approximate surface area is 140 Å². The van der Waals surface area contributed by atoms with Gasteiger partial charge in [-0.15, -0.1) is 10.2 Å². The van der Waals surface area contributed by atoms with Crippen LogP contribution in [0.15, 0.2) is 48.5 Å². The number of rotatable bonds is 5. The predicted molar refractivity (Wildman–Crippen MR) is 93.2 cm³/mol. The minimum atomic E-state index is -0.279. The van der Waals surface area contributed by atoms with Crippen molar-refractivity contribution in [3.63, 3.8) is 0 Å². The third-order valence-corrected chi connectivity index (χ3v) is 3.83. The highest BCUT2D eigenvalue weighted by Crippen LogP contribution is 2.19. The molecule has 0 aliphatic rings. The van der Waals surface area contributed by atoms with Crippen molar-refractivity contribution >= 4 is 17.4 Å². The molecule has 2 aromatic carbocycles. The summed E-state index contributed by atoms with van der Waals surface area (Å²) in [7, 11) is 0. The van der Waals surface area contributed by atoms with E-state index in [0.29, 0.717) is 12.4 Å². The van der Waals surface area contributed by atoms with E-state index in [4.69, 9.17) is 0 Å². The first kappa shape index (κ1) is 15.7. The van der Waals surface area contributed by atoms with Gasteiger partial charge in [-0.05, 0) is 42.7 Å². The first-order valence-electron chi connectivity index (χ1n) is 7.70. The van der Waals surface area contributed by atoms with Gasteiger partial charge in [0.2, 0.25) is 0 Å². The zero-order valence-corrected chi connectivity index (χ0v) is 13.6. The fourth-order valence-electron chi connectivity index (χ4n) is 2.29. The van der Waals surface area contributed by atoms with Crippen LogP contribution in [0.2, 0.25) is 0 Å². The molecule has 1 amide bonds. The van der Waals surface area contributed by atoms with Crippen molar-refractivity contribution in [3.8, 4) is 0 Å². The molecule has 0 atom stereocenters. The largest absolute Gasteiger partial charge is 0.346 e. The van der Waals surface area contributed by atoms with E-state index in [1.54, 1.807) is 0 Å². The number of aryl methyl sites for hydroxylation is 2. The van der Waals surface area contributed by atoms with E-state index >= 15 is 0 Å². The molecule has 24 heavy (non-hydrogen) atoms.